The topological polar surface area (TPSA) is 24.8 Å². The summed E-state index contributed by atoms with van der Waals surface area (Å²) < 4.78 is 13.8. The quantitative estimate of drug-likeness (QED) is 0.884. The van der Waals surface area contributed by atoms with Crippen molar-refractivity contribution >= 4 is 5.91 Å². The maximum atomic E-state index is 13.8. The molecule has 0 bridgehead atoms. The number of nitrogens with one attached hydrogen (secondary N) is 1. The minimum Gasteiger partial charge on any atom is -0.330 e. The van der Waals surface area contributed by atoms with Gasteiger partial charge < -0.3 is 9.80 Å². The van der Waals surface area contributed by atoms with Crippen molar-refractivity contribution in [1.29, 1.82) is 0 Å². The third-order valence-electron chi connectivity index (χ3n) is 5.31. The van der Waals surface area contributed by atoms with Crippen molar-refractivity contribution in [2.24, 2.45) is 5.92 Å². The Bertz CT molecular complexity index is 526. The van der Waals surface area contributed by atoms with Gasteiger partial charge in [-0.1, -0.05) is 25.5 Å². The lowest BCUT2D eigenvalue weighted by molar-refractivity contribution is -0.930. The lowest BCUT2D eigenvalue weighted by Gasteiger charge is -2.39. The second-order valence-corrected chi connectivity index (χ2v) is 6.90. The number of hydrogen-bond donors (Lipinski definition) is 1. The van der Waals surface area contributed by atoms with Gasteiger partial charge in [0.2, 0.25) is 0 Å². The van der Waals surface area contributed by atoms with Crippen LogP contribution >= 0.6 is 0 Å². The van der Waals surface area contributed by atoms with E-state index in [0.717, 1.165) is 38.1 Å². The molecule has 0 unspecified atom stereocenters. The molecule has 1 aromatic rings. The van der Waals surface area contributed by atoms with Gasteiger partial charge in [0.15, 0.2) is 0 Å². The second-order valence-electron chi connectivity index (χ2n) is 6.90. The third-order valence-corrected chi connectivity index (χ3v) is 5.31. The number of carbonyl (C=O) groups excluding carboxylic acids is 1. The molecule has 4 heteroatoms. The Hall–Kier alpha value is -1.42. The van der Waals surface area contributed by atoms with E-state index in [0.29, 0.717) is 0 Å². The summed E-state index contributed by atoms with van der Waals surface area (Å²) in [6.07, 6.45) is 5.34. The summed E-state index contributed by atoms with van der Waals surface area (Å²) >= 11 is 0. The average molecular weight is 305 g/mol. The van der Waals surface area contributed by atoms with Crippen LogP contribution in [0, 0.1) is 11.7 Å². The molecule has 1 saturated carbocycles. The van der Waals surface area contributed by atoms with Crippen LogP contribution in [0.15, 0.2) is 24.3 Å². The zero-order valence-electron chi connectivity index (χ0n) is 13.4. The normalized spacial score (nSPS) is 26.9. The SMILES string of the molecule is C[C@@H]1CCC[C@H]([NH+]2CCN(C(=O)c3ccccc3F)CC2)C1. The summed E-state index contributed by atoms with van der Waals surface area (Å²) in [4.78, 5) is 15.9. The Morgan fingerprint density at radius 2 is 1.95 bits per heavy atom. The minimum atomic E-state index is -0.414. The van der Waals surface area contributed by atoms with Crippen LogP contribution in [0.1, 0.15) is 43.0 Å². The maximum absolute atomic E-state index is 13.8. The minimum absolute atomic E-state index is 0.158. The van der Waals surface area contributed by atoms with Gasteiger partial charge in [-0.15, -0.1) is 0 Å². The highest BCUT2D eigenvalue weighted by atomic mass is 19.1. The Labute approximate surface area is 132 Å². The molecule has 0 radical (unpaired) electrons. The molecule has 22 heavy (non-hydrogen) atoms. The number of nitrogens with zero attached hydrogens (tertiary/aromatic N) is 1. The molecule has 2 fully saturated rings. The van der Waals surface area contributed by atoms with Gasteiger partial charge in [0.05, 0.1) is 37.8 Å². The predicted molar refractivity (Wildman–Crippen MR) is 84.4 cm³/mol. The number of piperazine rings is 1. The predicted octanol–water partition coefficient (Wildman–Crippen LogP) is 1.75. The summed E-state index contributed by atoms with van der Waals surface area (Å²) in [5, 5.41) is 0. The Morgan fingerprint density at radius 3 is 2.64 bits per heavy atom. The van der Waals surface area contributed by atoms with E-state index < -0.39 is 5.82 Å². The van der Waals surface area contributed by atoms with Crippen LogP contribution in [0.3, 0.4) is 0 Å². The van der Waals surface area contributed by atoms with Gasteiger partial charge in [-0.25, -0.2) is 4.39 Å². The van der Waals surface area contributed by atoms with Crippen LogP contribution < -0.4 is 4.90 Å². The lowest BCUT2D eigenvalue weighted by Crippen LogP contribution is -3.18. The van der Waals surface area contributed by atoms with Gasteiger partial charge in [0, 0.05) is 6.42 Å². The van der Waals surface area contributed by atoms with Crippen molar-refractivity contribution in [2.45, 2.75) is 38.6 Å². The summed E-state index contributed by atoms with van der Waals surface area (Å²) in [6, 6.07) is 7.05. The van der Waals surface area contributed by atoms with Gasteiger partial charge in [0.1, 0.15) is 5.82 Å². The highest BCUT2D eigenvalue weighted by Gasteiger charge is 2.32. The van der Waals surface area contributed by atoms with E-state index in [1.807, 2.05) is 4.90 Å². The maximum Gasteiger partial charge on any atom is 0.257 e. The lowest BCUT2D eigenvalue weighted by atomic mass is 9.86. The number of rotatable bonds is 2. The van der Waals surface area contributed by atoms with E-state index in [1.165, 1.54) is 31.7 Å². The molecule has 120 valence electrons. The molecule has 1 aliphatic carbocycles. The third kappa shape index (κ3) is 3.32. The van der Waals surface area contributed by atoms with Gasteiger partial charge in [-0.05, 0) is 30.9 Å². The van der Waals surface area contributed by atoms with Crippen molar-refractivity contribution in [3.63, 3.8) is 0 Å². The molecule has 1 aliphatic heterocycles. The highest BCUT2D eigenvalue weighted by Crippen LogP contribution is 2.22. The highest BCUT2D eigenvalue weighted by molar-refractivity contribution is 5.94. The number of carbonyl (C=O) groups is 1. The first-order chi connectivity index (χ1) is 10.6. The molecule has 2 aliphatic rings. The second kappa shape index (κ2) is 6.78. The summed E-state index contributed by atoms with van der Waals surface area (Å²) in [7, 11) is 0. The standard InChI is InChI=1S/C18H25FN2O/c1-14-5-4-6-15(13-14)20-9-11-21(12-10-20)18(22)16-7-2-3-8-17(16)19/h2-3,7-8,14-15H,4-6,9-13H2,1H3/p+1/t14-,15+/m1/s1. The first-order valence-corrected chi connectivity index (χ1v) is 8.53. The van der Waals surface area contributed by atoms with Crippen LogP contribution in [-0.4, -0.2) is 43.0 Å². The first-order valence-electron chi connectivity index (χ1n) is 8.53. The molecule has 1 amide bonds. The van der Waals surface area contributed by atoms with E-state index in [1.54, 1.807) is 23.1 Å². The van der Waals surface area contributed by atoms with Gasteiger partial charge in [-0.3, -0.25) is 4.79 Å². The molecule has 0 spiro atoms. The monoisotopic (exact) mass is 305 g/mol. The number of halogens is 1. The molecule has 2 atom stereocenters. The van der Waals surface area contributed by atoms with Crippen LogP contribution in [-0.2, 0) is 0 Å². The number of hydrogen-bond acceptors (Lipinski definition) is 1. The Kier molecular flexibility index (Phi) is 4.77. The molecular weight excluding hydrogens is 279 g/mol. The van der Waals surface area contributed by atoms with Crippen molar-refractivity contribution in [3.05, 3.63) is 35.6 Å². The molecule has 1 heterocycles. The van der Waals surface area contributed by atoms with E-state index in [4.69, 9.17) is 0 Å². The van der Waals surface area contributed by atoms with Crippen LogP contribution in [0.2, 0.25) is 0 Å². The van der Waals surface area contributed by atoms with Crippen LogP contribution in [0.5, 0.6) is 0 Å². The molecule has 0 aromatic heterocycles. The Balaban J connectivity index is 1.57. The fourth-order valence-corrected chi connectivity index (χ4v) is 4.02. The van der Waals surface area contributed by atoms with Crippen molar-refractivity contribution < 1.29 is 14.1 Å². The zero-order valence-corrected chi connectivity index (χ0v) is 13.4. The summed E-state index contributed by atoms with van der Waals surface area (Å²) in [6.45, 7) is 5.83. The van der Waals surface area contributed by atoms with Crippen molar-refractivity contribution in [3.8, 4) is 0 Å². The van der Waals surface area contributed by atoms with Gasteiger partial charge in [-0.2, -0.15) is 0 Å². The Morgan fingerprint density at radius 1 is 1.23 bits per heavy atom. The number of amides is 1. The van der Waals surface area contributed by atoms with E-state index >= 15 is 0 Å². The fraction of sp³-hybridized carbons (Fsp3) is 0.611. The number of benzene rings is 1. The van der Waals surface area contributed by atoms with Crippen molar-refractivity contribution in [2.75, 3.05) is 26.2 Å². The van der Waals surface area contributed by atoms with Gasteiger partial charge in [0.25, 0.3) is 5.91 Å². The first kappa shape index (κ1) is 15.5. The summed E-state index contributed by atoms with van der Waals surface area (Å²) in [5.74, 6) is 0.266. The molecular formula is C18H26FN2O+. The van der Waals surface area contributed by atoms with E-state index in [-0.39, 0.29) is 11.5 Å². The molecule has 1 N–H and O–H groups in total. The molecule has 3 rings (SSSR count). The fourth-order valence-electron chi connectivity index (χ4n) is 4.02. The molecule has 3 nitrogen and oxygen atoms in total. The summed E-state index contributed by atoms with van der Waals surface area (Å²) in [5.41, 5.74) is 0.206. The largest absolute Gasteiger partial charge is 0.330 e. The van der Waals surface area contributed by atoms with Crippen LogP contribution in [0.25, 0.3) is 0 Å². The van der Waals surface area contributed by atoms with Gasteiger partial charge >= 0.3 is 0 Å². The zero-order chi connectivity index (χ0) is 15.5. The smallest absolute Gasteiger partial charge is 0.257 e. The molecule has 1 saturated heterocycles. The molecule has 1 aromatic carbocycles. The van der Waals surface area contributed by atoms with Crippen LogP contribution in [0.4, 0.5) is 4.39 Å². The van der Waals surface area contributed by atoms with E-state index in [9.17, 15) is 9.18 Å². The average Bonchev–Trinajstić information content (AvgIpc) is 2.55. The van der Waals surface area contributed by atoms with Crippen molar-refractivity contribution in [1.82, 2.24) is 4.90 Å². The van der Waals surface area contributed by atoms with E-state index in [2.05, 4.69) is 6.92 Å². The number of quaternary nitrogens is 1.